The molecule has 0 saturated heterocycles. The number of rotatable bonds is 11. The summed E-state index contributed by atoms with van der Waals surface area (Å²) in [5, 5.41) is 14.8. The summed E-state index contributed by atoms with van der Waals surface area (Å²) in [7, 11) is 1.93. The van der Waals surface area contributed by atoms with Gasteiger partial charge in [-0.2, -0.15) is 11.8 Å². The summed E-state index contributed by atoms with van der Waals surface area (Å²) in [6, 6.07) is 0. The number of nitrogens with one attached hydrogen (secondary N) is 2. The summed E-state index contributed by atoms with van der Waals surface area (Å²) >= 11 is 1.83. The van der Waals surface area contributed by atoms with Crippen LogP contribution in [0, 0.1) is 6.92 Å². The van der Waals surface area contributed by atoms with Crippen molar-refractivity contribution in [2.24, 2.45) is 12.0 Å². The minimum absolute atomic E-state index is 0.160. The Morgan fingerprint density at radius 1 is 1.23 bits per heavy atom. The second-order valence-corrected chi connectivity index (χ2v) is 6.89. The molecule has 1 heterocycles. The van der Waals surface area contributed by atoms with Crippen LogP contribution in [0.5, 0.6) is 0 Å². The van der Waals surface area contributed by atoms with E-state index < -0.39 is 0 Å². The number of hydrogen-bond donors (Lipinski definition) is 2. The first-order valence-electron chi connectivity index (χ1n) is 9.17. The number of aromatic nitrogens is 3. The molecule has 1 aromatic heterocycles. The minimum atomic E-state index is 0.160. The van der Waals surface area contributed by atoms with Crippen molar-refractivity contribution in [2.75, 3.05) is 38.2 Å². The van der Waals surface area contributed by atoms with Crippen LogP contribution in [0.4, 0.5) is 0 Å². The molecule has 9 heteroatoms. The molecule has 1 rings (SSSR count). The molecule has 0 atom stereocenters. The molecular formula is C17H33N7OS. The highest BCUT2D eigenvalue weighted by Crippen LogP contribution is 1.99. The van der Waals surface area contributed by atoms with E-state index in [4.69, 9.17) is 0 Å². The third-order valence-electron chi connectivity index (χ3n) is 4.13. The van der Waals surface area contributed by atoms with Crippen molar-refractivity contribution in [3.05, 3.63) is 11.6 Å². The molecule has 0 radical (unpaired) electrons. The largest absolute Gasteiger partial charge is 0.356 e. The maximum absolute atomic E-state index is 12.1. The first kappa shape index (κ1) is 22.3. The van der Waals surface area contributed by atoms with Gasteiger partial charge >= 0.3 is 0 Å². The molecule has 0 aliphatic rings. The van der Waals surface area contributed by atoms with Crippen molar-refractivity contribution in [2.45, 2.75) is 40.2 Å². The van der Waals surface area contributed by atoms with Gasteiger partial charge in [0.25, 0.3) is 0 Å². The normalized spacial score (nSPS) is 11.5. The second-order valence-electron chi connectivity index (χ2n) is 5.90. The van der Waals surface area contributed by atoms with Crippen molar-refractivity contribution in [3.8, 4) is 0 Å². The minimum Gasteiger partial charge on any atom is -0.356 e. The first-order chi connectivity index (χ1) is 12.5. The third-order valence-corrected chi connectivity index (χ3v) is 4.82. The van der Waals surface area contributed by atoms with Crippen molar-refractivity contribution in [1.82, 2.24) is 30.3 Å². The van der Waals surface area contributed by atoms with E-state index in [1.807, 2.05) is 49.0 Å². The SMILES string of the molecule is CCN(CC)C(=O)CCNC(=NCc1nnc(C)n1C)NCCCSC. The summed E-state index contributed by atoms with van der Waals surface area (Å²) < 4.78 is 1.93. The number of aliphatic imine (C=N–C) groups is 1. The zero-order valence-electron chi connectivity index (χ0n) is 16.7. The highest BCUT2D eigenvalue weighted by Gasteiger charge is 2.10. The molecule has 0 aliphatic carbocycles. The predicted octanol–water partition coefficient (Wildman–Crippen LogP) is 1.17. The van der Waals surface area contributed by atoms with E-state index in [1.54, 1.807) is 0 Å². The standard InChI is InChI=1S/C17H33N7OS/c1-6-24(7-2)16(25)9-11-19-17(18-10-8-12-26-5)20-13-15-22-21-14(3)23(15)4/h6-13H2,1-5H3,(H2,18,19,20). The number of amides is 1. The van der Waals surface area contributed by atoms with Gasteiger partial charge in [0.1, 0.15) is 12.4 Å². The lowest BCUT2D eigenvalue weighted by atomic mass is 10.3. The van der Waals surface area contributed by atoms with E-state index in [1.165, 1.54) is 0 Å². The van der Waals surface area contributed by atoms with Gasteiger partial charge in [0.2, 0.25) is 5.91 Å². The number of aryl methyl sites for hydroxylation is 1. The van der Waals surface area contributed by atoms with Crippen LogP contribution in [0.15, 0.2) is 4.99 Å². The molecule has 0 fully saturated rings. The smallest absolute Gasteiger partial charge is 0.224 e. The first-order valence-corrected chi connectivity index (χ1v) is 10.6. The van der Waals surface area contributed by atoms with Gasteiger partial charge < -0.3 is 20.1 Å². The maximum atomic E-state index is 12.1. The van der Waals surface area contributed by atoms with Crippen molar-refractivity contribution >= 4 is 23.6 Å². The molecule has 148 valence electrons. The monoisotopic (exact) mass is 383 g/mol. The van der Waals surface area contributed by atoms with Gasteiger partial charge in [-0.05, 0) is 39.2 Å². The van der Waals surface area contributed by atoms with Gasteiger partial charge in [0, 0.05) is 39.6 Å². The summed E-state index contributed by atoms with van der Waals surface area (Å²) in [6.45, 7) is 9.24. The second kappa shape index (κ2) is 12.6. The molecule has 0 unspecified atom stereocenters. The van der Waals surface area contributed by atoms with Gasteiger partial charge in [0.15, 0.2) is 11.8 Å². The molecule has 0 spiro atoms. The topological polar surface area (TPSA) is 87.4 Å². The van der Waals surface area contributed by atoms with E-state index in [9.17, 15) is 4.79 Å². The average molecular weight is 384 g/mol. The lowest BCUT2D eigenvalue weighted by Gasteiger charge is -2.19. The number of carbonyl (C=O) groups is 1. The van der Waals surface area contributed by atoms with E-state index in [0.29, 0.717) is 25.5 Å². The fourth-order valence-electron chi connectivity index (χ4n) is 2.36. The zero-order valence-corrected chi connectivity index (χ0v) is 17.5. The lowest BCUT2D eigenvalue weighted by molar-refractivity contribution is -0.130. The fraction of sp³-hybridized carbons (Fsp3) is 0.765. The van der Waals surface area contributed by atoms with Gasteiger partial charge in [-0.3, -0.25) is 4.79 Å². The highest BCUT2D eigenvalue weighted by atomic mass is 32.2. The van der Waals surface area contributed by atoms with Crippen LogP contribution < -0.4 is 10.6 Å². The van der Waals surface area contributed by atoms with Crippen LogP contribution in [0.25, 0.3) is 0 Å². The Bertz CT molecular complexity index is 569. The highest BCUT2D eigenvalue weighted by molar-refractivity contribution is 7.98. The van der Waals surface area contributed by atoms with Gasteiger partial charge in [0.05, 0.1) is 0 Å². The fourth-order valence-corrected chi connectivity index (χ4v) is 2.79. The Morgan fingerprint density at radius 3 is 2.50 bits per heavy atom. The van der Waals surface area contributed by atoms with Crippen LogP contribution in [-0.4, -0.2) is 69.7 Å². The molecule has 0 saturated carbocycles. The molecule has 0 aromatic carbocycles. The van der Waals surface area contributed by atoms with Crippen LogP contribution in [0.3, 0.4) is 0 Å². The molecule has 1 aromatic rings. The summed E-state index contributed by atoms with van der Waals surface area (Å²) in [4.78, 5) is 18.5. The number of nitrogens with zero attached hydrogens (tertiary/aromatic N) is 5. The van der Waals surface area contributed by atoms with E-state index in [2.05, 4.69) is 32.1 Å². The van der Waals surface area contributed by atoms with E-state index in [-0.39, 0.29) is 5.91 Å². The summed E-state index contributed by atoms with van der Waals surface area (Å²) in [5.74, 6) is 3.64. The van der Waals surface area contributed by atoms with Crippen molar-refractivity contribution in [1.29, 1.82) is 0 Å². The number of hydrogen-bond acceptors (Lipinski definition) is 5. The summed E-state index contributed by atoms with van der Waals surface area (Å²) in [6.07, 6.45) is 3.61. The molecule has 26 heavy (non-hydrogen) atoms. The quantitative estimate of drug-likeness (QED) is 0.339. The molecular weight excluding hydrogens is 350 g/mol. The number of guanidine groups is 1. The Morgan fingerprint density at radius 2 is 1.92 bits per heavy atom. The summed E-state index contributed by atoms with van der Waals surface area (Å²) in [5.41, 5.74) is 0. The van der Waals surface area contributed by atoms with Crippen LogP contribution in [-0.2, 0) is 18.4 Å². The Balaban J connectivity index is 2.58. The van der Waals surface area contributed by atoms with Crippen LogP contribution >= 0.6 is 11.8 Å². The molecule has 8 nitrogen and oxygen atoms in total. The van der Waals surface area contributed by atoms with Crippen molar-refractivity contribution < 1.29 is 4.79 Å². The van der Waals surface area contributed by atoms with Crippen LogP contribution in [0.1, 0.15) is 38.3 Å². The Kier molecular flexibility index (Phi) is 10.8. The maximum Gasteiger partial charge on any atom is 0.224 e. The van der Waals surface area contributed by atoms with Crippen LogP contribution in [0.2, 0.25) is 0 Å². The molecule has 0 aliphatic heterocycles. The van der Waals surface area contributed by atoms with Gasteiger partial charge in [-0.15, -0.1) is 10.2 Å². The Hall–Kier alpha value is -1.77. The number of thioether (sulfide) groups is 1. The van der Waals surface area contributed by atoms with Gasteiger partial charge in [-0.1, -0.05) is 0 Å². The Labute approximate surface area is 161 Å². The van der Waals surface area contributed by atoms with E-state index in [0.717, 1.165) is 43.5 Å². The zero-order chi connectivity index (χ0) is 19.4. The molecule has 1 amide bonds. The lowest BCUT2D eigenvalue weighted by Crippen LogP contribution is -2.40. The number of carbonyl (C=O) groups excluding carboxylic acids is 1. The van der Waals surface area contributed by atoms with Crippen molar-refractivity contribution in [3.63, 3.8) is 0 Å². The average Bonchev–Trinajstić information content (AvgIpc) is 2.95. The molecule has 2 N–H and O–H groups in total. The predicted molar refractivity (Wildman–Crippen MR) is 108 cm³/mol. The third kappa shape index (κ3) is 7.63. The molecule has 0 bridgehead atoms. The van der Waals surface area contributed by atoms with Gasteiger partial charge in [-0.25, -0.2) is 4.99 Å². The van der Waals surface area contributed by atoms with E-state index >= 15 is 0 Å².